The average Bonchev–Trinajstić information content (AvgIpc) is 2.20. The van der Waals surface area contributed by atoms with Crippen molar-refractivity contribution < 1.29 is 4.79 Å². The minimum atomic E-state index is 0.263. The van der Waals surface area contributed by atoms with Gasteiger partial charge in [0.2, 0.25) is 5.91 Å². The molecule has 2 aliphatic rings. The Hall–Kier alpha value is -0.650. The normalized spacial score (nSPS) is 22.1. The van der Waals surface area contributed by atoms with Gasteiger partial charge in [-0.05, 0) is 7.05 Å². The number of amides is 1. The summed E-state index contributed by atoms with van der Waals surface area (Å²) in [5.74, 6) is 0.616. The van der Waals surface area contributed by atoms with Crippen molar-refractivity contribution in [3.8, 4) is 0 Å². The molecule has 2 rings (SSSR count). The van der Waals surface area contributed by atoms with Gasteiger partial charge in [-0.25, -0.2) is 0 Å². The van der Waals surface area contributed by atoms with Crippen molar-refractivity contribution >= 4 is 5.91 Å². The van der Waals surface area contributed by atoms with E-state index < -0.39 is 0 Å². The first-order chi connectivity index (χ1) is 8.56. The minimum Gasteiger partial charge on any atom is -0.339 e. The molecule has 0 saturated carbocycles. The third kappa shape index (κ3) is 3.43. The Kier molecular flexibility index (Phi) is 4.59. The molecule has 0 aromatic carbocycles. The lowest BCUT2D eigenvalue weighted by Gasteiger charge is -2.45. The second-order valence-corrected chi connectivity index (χ2v) is 5.92. The molecule has 0 aromatic heterocycles. The van der Waals surface area contributed by atoms with Gasteiger partial charge in [-0.2, -0.15) is 0 Å². The van der Waals surface area contributed by atoms with Crippen LogP contribution in [0.15, 0.2) is 0 Å². The highest BCUT2D eigenvalue weighted by molar-refractivity contribution is 5.81. The summed E-state index contributed by atoms with van der Waals surface area (Å²) in [6.07, 6.45) is 0. The van der Waals surface area contributed by atoms with Crippen molar-refractivity contribution in [2.24, 2.45) is 5.92 Å². The van der Waals surface area contributed by atoms with E-state index in [1.54, 1.807) is 0 Å². The molecule has 2 fully saturated rings. The molecule has 0 atom stereocenters. The maximum atomic E-state index is 12.0. The van der Waals surface area contributed by atoms with Crippen LogP contribution in [-0.4, -0.2) is 74.1 Å². The summed E-state index contributed by atoms with van der Waals surface area (Å²) in [5, 5.41) is 6.85. The summed E-state index contributed by atoms with van der Waals surface area (Å²) < 4.78 is 0. The van der Waals surface area contributed by atoms with Crippen LogP contribution >= 0.6 is 0 Å². The van der Waals surface area contributed by atoms with Gasteiger partial charge in [0.05, 0.1) is 5.92 Å². The fourth-order valence-corrected chi connectivity index (χ4v) is 2.54. The summed E-state index contributed by atoms with van der Waals surface area (Å²) >= 11 is 0. The predicted molar refractivity (Wildman–Crippen MR) is 72.5 cm³/mol. The maximum absolute atomic E-state index is 12.0. The van der Waals surface area contributed by atoms with Crippen LogP contribution in [-0.2, 0) is 4.79 Å². The zero-order chi connectivity index (χ0) is 13.1. The van der Waals surface area contributed by atoms with Crippen LogP contribution in [0.3, 0.4) is 0 Å². The van der Waals surface area contributed by atoms with Gasteiger partial charge < -0.3 is 20.4 Å². The van der Waals surface area contributed by atoms with Crippen LogP contribution < -0.4 is 10.6 Å². The third-order valence-corrected chi connectivity index (χ3v) is 3.72. The molecule has 2 N–H and O–H groups in total. The second-order valence-electron chi connectivity index (χ2n) is 5.92. The lowest BCUT2D eigenvalue weighted by Crippen LogP contribution is -2.64. The van der Waals surface area contributed by atoms with E-state index in [2.05, 4.69) is 36.4 Å². The predicted octanol–water partition coefficient (Wildman–Crippen LogP) is -0.654. The largest absolute Gasteiger partial charge is 0.339 e. The molecule has 0 bridgehead atoms. The summed E-state index contributed by atoms with van der Waals surface area (Å²) in [5.41, 5.74) is 0. The van der Waals surface area contributed by atoms with Crippen molar-refractivity contribution in [3.05, 3.63) is 0 Å². The number of carbonyl (C=O) groups excluding carboxylic acids is 1. The van der Waals surface area contributed by atoms with Crippen LogP contribution in [0.4, 0.5) is 0 Å². The van der Waals surface area contributed by atoms with Gasteiger partial charge in [0, 0.05) is 51.4 Å². The number of nitrogens with zero attached hydrogens (tertiary/aromatic N) is 2. The van der Waals surface area contributed by atoms with E-state index in [0.717, 1.165) is 39.3 Å². The maximum Gasteiger partial charge on any atom is 0.228 e. The molecule has 0 aromatic rings. The number of hydrogen-bond donors (Lipinski definition) is 2. The van der Waals surface area contributed by atoms with E-state index in [0.29, 0.717) is 18.0 Å². The van der Waals surface area contributed by atoms with E-state index in [1.165, 1.54) is 0 Å². The molecule has 104 valence electrons. The molecule has 2 saturated heterocycles. The molecule has 1 amide bonds. The number of carbonyl (C=O) groups is 1. The Morgan fingerprint density at radius 2 is 1.89 bits per heavy atom. The lowest BCUT2D eigenvalue weighted by molar-refractivity contribution is -0.145. The van der Waals surface area contributed by atoms with E-state index >= 15 is 0 Å². The molecule has 0 aliphatic carbocycles. The van der Waals surface area contributed by atoms with E-state index in [-0.39, 0.29) is 5.92 Å². The monoisotopic (exact) mass is 254 g/mol. The molecule has 5 heteroatoms. The lowest BCUT2D eigenvalue weighted by atomic mass is 9.96. The van der Waals surface area contributed by atoms with Crippen LogP contribution in [0.2, 0.25) is 0 Å². The number of likely N-dealkylation sites (tertiary alicyclic amines) is 2. The first-order valence-corrected chi connectivity index (χ1v) is 7.00. The Labute approximate surface area is 110 Å². The van der Waals surface area contributed by atoms with E-state index in [9.17, 15) is 4.79 Å². The molecule has 0 unspecified atom stereocenters. The molecule has 18 heavy (non-hydrogen) atoms. The van der Waals surface area contributed by atoms with Gasteiger partial charge in [-0.1, -0.05) is 13.8 Å². The summed E-state index contributed by atoms with van der Waals surface area (Å²) in [6, 6.07) is 1.04. The number of nitrogens with one attached hydrogen (secondary N) is 2. The zero-order valence-electron chi connectivity index (χ0n) is 11.8. The van der Waals surface area contributed by atoms with Crippen molar-refractivity contribution in [1.82, 2.24) is 20.4 Å². The topological polar surface area (TPSA) is 47.6 Å². The van der Waals surface area contributed by atoms with Crippen LogP contribution in [0.5, 0.6) is 0 Å². The average molecular weight is 254 g/mol. The number of rotatable bonds is 6. The number of hydrogen-bond acceptors (Lipinski definition) is 4. The summed E-state index contributed by atoms with van der Waals surface area (Å²) in [7, 11) is 2.06. The van der Waals surface area contributed by atoms with Gasteiger partial charge in [0.15, 0.2) is 0 Å². The van der Waals surface area contributed by atoms with Crippen LogP contribution in [0.25, 0.3) is 0 Å². The van der Waals surface area contributed by atoms with Gasteiger partial charge in [0.25, 0.3) is 0 Å². The fraction of sp³-hybridized carbons (Fsp3) is 0.923. The highest BCUT2D eigenvalue weighted by Gasteiger charge is 2.38. The molecule has 2 aliphatic heterocycles. The molecule has 0 spiro atoms. The van der Waals surface area contributed by atoms with Crippen LogP contribution in [0.1, 0.15) is 13.8 Å². The Morgan fingerprint density at radius 1 is 1.22 bits per heavy atom. The molecule has 2 heterocycles. The highest BCUT2D eigenvalue weighted by Crippen LogP contribution is 2.19. The van der Waals surface area contributed by atoms with Gasteiger partial charge in [-0.3, -0.25) is 4.79 Å². The van der Waals surface area contributed by atoms with Gasteiger partial charge >= 0.3 is 0 Å². The van der Waals surface area contributed by atoms with Gasteiger partial charge in [-0.15, -0.1) is 0 Å². The standard InChI is InChI=1S/C13H26N4O/c1-10(2)14-4-5-15-12-8-17(9-12)13(18)11-6-16(3)7-11/h10-12,14-15H,4-9H2,1-3H3. The smallest absolute Gasteiger partial charge is 0.228 e. The van der Waals surface area contributed by atoms with Crippen molar-refractivity contribution in [2.75, 3.05) is 46.3 Å². The van der Waals surface area contributed by atoms with E-state index in [4.69, 9.17) is 0 Å². The highest BCUT2D eigenvalue weighted by atomic mass is 16.2. The summed E-state index contributed by atoms with van der Waals surface area (Å²) in [4.78, 5) is 16.2. The second kappa shape index (κ2) is 5.99. The van der Waals surface area contributed by atoms with Crippen molar-refractivity contribution in [1.29, 1.82) is 0 Å². The SMILES string of the molecule is CC(C)NCCNC1CN(C(=O)C2CN(C)C2)C1. The Bertz CT molecular complexity index is 283. The minimum absolute atomic E-state index is 0.263. The van der Waals surface area contributed by atoms with Gasteiger partial charge in [0.1, 0.15) is 0 Å². The fourth-order valence-electron chi connectivity index (χ4n) is 2.54. The molecular weight excluding hydrogens is 228 g/mol. The first kappa shape index (κ1) is 13.8. The summed E-state index contributed by atoms with van der Waals surface area (Å²) in [6.45, 7) is 9.93. The zero-order valence-corrected chi connectivity index (χ0v) is 11.8. The molecule has 0 radical (unpaired) electrons. The van der Waals surface area contributed by atoms with Crippen LogP contribution in [0, 0.1) is 5.92 Å². The molecule has 5 nitrogen and oxygen atoms in total. The quantitative estimate of drug-likeness (QED) is 0.618. The van der Waals surface area contributed by atoms with Crippen molar-refractivity contribution in [3.63, 3.8) is 0 Å². The molecular formula is C13H26N4O. The van der Waals surface area contributed by atoms with Crippen molar-refractivity contribution in [2.45, 2.75) is 25.9 Å². The van der Waals surface area contributed by atoms with E-state index in [1.807, 2.05) is 4.90 Å². The Morgan fingerprint density at radius 3 is 2.44 bits per heavy atom. The first-order valence-electron chi connectivity index (χ1n) is 7.00. The third-order valence-electron chi connectivity index (χ3n) is 3.72. The Balaban J connectivity index is 1.52.